The molecular formula is C19H28N2O4. The van der Waals surface area contributed by atoms with E-state index >= 15 is 0 Å². The number of carbonyl (C=O) groups is 2. The highest BCUT2D eigenvalue weighted by molar-refractivity contribution is 5.72. The average Bonchev–Trinajstić information content (AvgIpc) is 3.00. The number of carbonyl (C=O) groups excluding carboxylic acids is 2. The Kier molecular flexibility index (Phi) is 6.82. The Morgan fingerprint density at radius 2 is 1.96 bits per heavy atom. The van der Waals surface area contributed by atoms with E-state index in [2.05, 4.69) is 5.32 Å². The van der Waals surface area contributed by atoms with Gasteiger partial charge in [-0.15, -0.1) is 0 Å². The molecule has 1 saturated heterocycles. The Labute approximate surface area is 149 Å². The molecule has 1 N–H and O–H groups in total. The summed E-state index contributed by atoms with van der Waals surface area (Å²) in [6.45, 7) is 7.17. The fraction of sp³-hybridized carbons (Fsp3) is 0.579. The zero-order chi connectivity index (χ0) is 18.3. The Hall–Kier alpha value is -2.08. The number of nitrogens with one attached hydrogen (secondary N) is 1. The number of rotatable bonds is 6. The van der Waals surface area contributed by atoms with Gasteiger partial charge in [0.1, 0.15) is 12.2 Å². The van der Waals surface area contributed by atoms with Crippen LogP contribution < -0.4 is 5.32 Å². The van der Waals surface area contributed by atoms with Crippen LogP contribution in [0.1, 0.15) is 39.2 Å². The Morgan fingerprint density at radius 1 is 1.24 bits per heavy atom. The third-order valence-electron chi connectivity index (χ3n) is 3.89. The number of esters is 1. The Morgan fingerprint density at radius 3 is 2.64 bits per heavy atom. The van der Waals surface area contributed by atoms with E-state index in [1.54, 1.807) is 4.90 Å². The van der Waals surface area contributed by atoms with Crippen LogP contribution in [0.15, 0.2) is 30.3 Å². The number of benzene rings is 1. The van der Waals surface area contributed by atoms with Gasteiger partial charge in [-0.1, -0.05) is 30.3 Å². The molecule has 25 heavy (non-hydrogen) atoms. The van der Waals surface area contributed by atoms with Gasteiger partial charge in [0.2, 0.25) is 0 Å². The first-order valence-electron chi connectivity index (χ1n) is 8.75. The highest BCUT2D eigenvalue weighted by Crippen LogP contribution is 2.18. The third-order valence-corrected chi connectivity index (χ3v) is 3.89. The molecule has 0 radical (unpaired) electrons. The van der Waals surface area contributed by atoms with Crippen molar-refractivity contribution in [1.82, 2.24) is 10.2 Å². The maximum absolute atomic E-state index is 12.3. The van der Waals surface area contributed by atoms with Crippen molar-refractivity contribution in [3.05, 3.63) is 35.9 Å². The van der Waals surface area contributed by atoms with Crippen molar-refractivity contribution in [3.8, 4) is 0 Å². The highest BCUT2D eigenvalue weighted by atomic mass is 16.6. The molecule has 2 rings (SSSR count). The monoisotopic (exact) mass is 348 g/mol. The molecule has 0 unspecified atom stereocenters. The summed E-state index contributed by atoms with van der Waals surface area (Å²) in [5.74, 6) is -0.288. The molecule has 0 bridgehead atoms. The topological polar surface area (TPSA) is 67.9 Å². The number of amides is 1. The molecule has 0 saturated carbocycles. The number of likely N-dealkylation sites (tertiary alicyclic amines) is 1. The van der Waals surface area contributed by atoms with E-state index in [0.29, 0.717) is 13.1 Å². The van der Waals surface area contributed by atoms with E-state index < -0.39 is 5.60 Å². The van der Waals surface area contributed by atoms with Crippen LogP contribution in [0.2, 0.25) is 0 Å². The molecule has 0 aliphatic carbocycles. The SMILES string of the molecule is CC(C)(C)OC(=O)CNC[C@@H]1CCCN1C(=O)OCc1ccccc1. The molecule has 1 heterocycles. The van der Waals surface area contributed by atoms with E-state index in [4.69, 9.17) is 9.47 Å². The molecule has 1 aliphatic heterocycles. The van der Waals surface area contributed by atoms with Gasteiger partial charge in [0.15, 0.2) is 0 Å². The fourth-order valence-electron chi connectivity index (χ4n) is 2.81. The van der Waals surface area contributed by atoms with Crippen LogP contribution in [0, 0.1) is 0 Å². The van der Waals surface area contributed by atoms with Crippen molar-refractivity contribution < 1.29 is 19.1 Å². The second-order valence-electron chi connectivity index (χ2n) is 7.25. The third kappa shape index (κ3) is 6.74. The largest absolute Gasteiger partial charge is 0.459 e. The molecule has 1 amide bonds. The molecule has 1 aromatic carbocycles. The van der Waals surface area contributed by atoms with Gasteiger partial charge in [-0.2, -0.15) is 0 Å². The normalized spacial score (nSPS) is 17.4. The van der Waals surface area contributed by atoms with Gasteiger partial charge < -0.3 is 19.7 Å². The van der Waals surface area contributed by atoms with Crippen LogP contribution in [0.5, 0.6) is 0 Å². The maximum Gasteiger partial charge on any atom is 0.410 e. The molecule has 1 fully saturated rings. The molecule has 138 valence electrons. The van der Waals surface area contributed by atoms with Gasteiger partial charge in [0.05, 0.1) is 6.54 Å². The predicted octanol–water partition coefficient (Wildman–Crippen LogP) is 2.72. The van der Waals surface area contributed by atoms with Crippen molar-refractivity contribution in [2.75, 3.05) is 19.6 Å². The highest BCUT2D eigenvalue weighted by Gasteiger charge is 2.29. The molecule has 0 aromatic heterocycles. The van der Waals surface area contributed by atoms with E-state index in [0.717, 1.165) is 18.4 Å². The van der Waals surface area contributed by atoms with Crippen molar-refractivity contribution in [1.29, 1.82) is 0 Å². The summed E-state index contributed by atoms with van der Waals surface area (Å²) in [5.41, 5.74) is 0.481. The van der Waals surface area contributed by atoms with E-state index in [1.807, 2.05) is 51.1 Å². The number of ether oxygens (including phenoxy) is 2. The minimum absolute atomic E-state index is 0.0470. The lowest BCUT2D eigenvalue weighted by Crippen LogP contribution is -2.43. The van der Waals surface area contributed by atoms with Crippen LogP contribution in [-0.2, 0) is 20.9 Å². The quantitative estimate of drug-likeness (QED) is 0.801. The standard InChI is InChI=1S/C19H28N2O4/c1-19(2,3)25-17(22)13-20-12-16-10-7-11-21(16)18(23)24-14-15-8-5-4-6-9-15/h4-6,8-9,16,20H,7,10-14H2,1-3H3/t16-/m0/s1. The summed E-state index contributed by atoms with van der Waals surface area (Å²) >= 11 is 0. The van der Waals surface area contributed by atoms with Gasteiger partial charge in [-0.3, -0.25) is 4.79 Å². The minimum Gasteiger partial charge on any atom is -0.459 e. The van der Waals surface area contributed by atoms with Gasteiger partial charge in [-0.05, 0) is 39.2 Å². The molecule has 6 heteroatoms. The predicted molar refractivity (Wildman–Crippen MR) is 95.1 cm³/mol. The van der Waals surface area contributed by atoms with Gasteiger partial charge in [0, 0.05) is 19.1 Å². The van der Waals surface area contributed by atoms with Gasteiger partial charge in [0.25, 0.3) is 0 Å². The van der Waals surface area contributed by atoms with E-state index in [-0.39, 0.29) is 31.3 Å². The smallest absolute Gasteiger partial charge is 0.410 e. The van der Waals surface area contributed by atoms with E-state index in [9.17, 15) is 9.59 Å². The first-order chi connectivity index (χ1) is 11.8. The summed E-state index contributed by atoms with van der Waals surface area (Å²) in [5, 5.41) is 3.08. The number of hydrogen-bond acceptors (Lipinski definition) is 5. The second kappa shape index (κ2) is 8.85. The van der Waals surface area contributed by atoms with Gasteiger partial charge in [-0.25, -0.2) is 4.79 Å². The summed E-state index contributed by atoms with van der Waals surface area (Å²) in [4.78, 5) is 25.8. The number of hydrogen-bond donors (Lipinski definition) is 1. The van der Waals surface area contributed by atoms with Crippen LogP contribution in [0.4, 0.5) is 4.79 Å². The minimum atomic E-state index is -0.487. The lowest BCUT2D eigenvalue weighted by molar-refractivity contribution is -0.153. The van der Waals surface area contributed by atoms with Crippen LogP contribution >= 0.6 is 0 Å². The summed E-state index contributed by atoms with van der Waals surface area (Å²) in [6, 6.07) is 9.67. The fourth-order valence-corrected chi connectivity index (χ4v) is 2.81. The zero-order valence-electron chi connectivity index (χ0n) is 15.3. The van der Waals surface area contributed by atoms with Crippen LogP contribution in [-0.4, -0.2) is 48.2 Å². The Balaban J connectivity index is 1.73. The summed E-state index contributed by atoms with van der Waals surface area (Å²) in [7, 11) is 0. The zero-order valence-corrected chi connectivity index (χ0v) is 15.3. The molecule has 6 nitrogen and oxygen atoms in total. The molecule has 1 atom stereocenters. The van der Waals surface area contributed by atoms with Crippen molar-refractivity contribution in [3.63, 3.8) is 0 Å². The second-order valence-corrected chi connectivity index (χ2v) is 7.25. The summed E-state index contributed by atoms with van der Waals surface area (Å²) < 4.78 is 10.7. The lowest BCUT2D eigenvalue weighted by Gasteiger charge is -2.25. The van der Waals surface area contributed by atoms with Crippen molar-refractivity contribution in [2.45, 2.75) is 51.9 Å². The maximum atomic E-state index is 12.3. The van der Waals surface area contributed by atoms with E-state index in [1.165, 1.54) is 0 Å². The average molecular weight is 348 g/mol. The molecule has 1 aliphatic rings. The summed E-state index contributed by atoms with van der Waals surface area (Å²) in [6.07, 6.45) is 1.55. The lowest BCUT2D eigenvalue weighted by atomic mass is 10.2. The Bertz CT molecular complexity index is 569. The molecule has 1 aromatic rings. The van der Waals surface area contributed by atoms with Crippen LogP contribution in [0.25, 0.3) is 0 Å². The van der Waals surface area contributed by atoms with Crippen molar-refractivity contribution >= 4 is 12.1 Å². The molecular weight excluding hydrogens is 320 g/mol. The first kappa shape index (κ1) is 19.2. The number of nitrogens with zero attached hydrogens (tertiary/aromatic N) is 1. The van der Waals surface area contributed by atoms with Crippen LogP contribution in [0.3, 0.4) is 0 Å². The molecule has 0 spiro atoms. The first-order valence-corrected chi connectivity index (χ1v) is 8.75. The van der Waals surface area contributed by atoms with Gasteiger partial charge >= 0.3 is 12.1 Å². The van der Waals surface area contributed by atoms with Crippen molar-refractivity contribution in [2.24, 2.45) is 0 Å².